The van der Waals surface area contributed by atoms with Crippen LogP contribution < -0.4 is 5.32 Å². The van der Waals surface area contributed by atoms with Gasteiger partial charge in [-0.2, -0.15) is 0 Å². The molecule has 0 saturated heterocycles. The van der Waals surface area contributed by atoms with E-state index in [1.807, 2.05) is 27.8 Å². The predicted molar refractivity (Wildman–Crippen MR) is 59.7 cm³/mol. The summed E-state index contributed by atoms with van der Waals surface area (Å²) in [5, 5.41) is 3.06. The first-order chi connectivity index (χ1) is 5.68. The zero-order valence-corrected chi connectivity index (χ0v) is 9.65. The fraction of sp³-hybridized carbons (Fsp3) is 0.800. The molecule has 0 atom stereocenters. The highest BCUT2D eigenvalue weighted by Crippen LogP contribution is 1.66. The average molecular weight is 174 g/mol. The SMILES string of the molecule is C=CC.CC.CNCCN(C)C. The summed E-state index contributed by atoms with van der Waals surface area (Å²) < 4.78 is 0. The van der Waals surface area contributed by atoms with Crippen LogP contribution in [0.1, 0.15) is 20.8 Å². The van der Waals surface area contributed by atoms with Gasteiger partial charge < -0.3 is 10.2 Å². The third kappa shape index (κ3) is 54.1. The maximum absolute atomic E-state index is 3.36. The van der Waals surface area contributed by atoms with Crippen molar-refractivity contribution in [2.75, 3.05) is 34.2 Å². The van der Waals surface area contributed by atoms with E-state index in [9.17, 15) is 0 Å². The molecule has 0 bridgehead atoms. The number of nitrogens with one attached hydrogen (secondary N) is 1. The molecule has 0 fully saturated rings. The summed E-state index contributed by atoms with van der Waals surface area (Å²) in [4.78, 5) is 2.15. The fourth-order valence-corrected chi connectivity index (χ4v) is 0.335. The van der Waals surface area contributed by atoms with Crippen LogP contribution in [-0.2, 0) is 0 Å². The molecule has 0 unspecified atom stereocenters. The van der Waals surface area contributed by atoms with Crippen LogP contribution in [0.4, 0.5) is 0 Å². The summed E-state index contributed by atoms with van der Waals surface area (Å²) in [6.07, 6.45) is 1.75. The molecule has 0 aliphatic carbocycles. The Morgan fingerprint density at radius 2 is 1.67 bits per heavy atom. The molecule has 0 saturated carbocycles. The highest BCUT2D eigenvalue weighted by atomic mass is 15.1. The maximum atomic E-state index is 3.36. The zero-order chi connectivity index (χ0) is 10.4. The third-order valence-electron chi connectivity index (χ3n) is 0.809. The lowest BCUT2D eigenvalue weighted by Crippen LogP contribution is -2.23. The number of allylic oxidation sites excluding steroid dienone is 1. The quantitative estimate of drug-likeness (QED) is 0.658. The molecule has 0 heterocycles. The van der Waals surface area contributed by atoms with E-state index >= 15 is 0 Å². The van der Waals surface area contributed by atoms with Crippen LogP contribution in [0.2, 0.25) is 0 Å². The minimum atomic E-state index is 1.08. The van der Waals surface area contributed by atoms with Gasteiger partial charge in [0.1, 0.15) is 0 Å². The molecule has 0 aromatic heterocycles. The Kier molecular flexibility index (Phi) is 33.0. The van der Waals surface area contributed by atoms with Gasteiger partial charge in [0.15, 0.2) is 0 Å². The molecule has 0 radical (unpaired) electrons. The molecular formula is C10H26N2. The van der Waals surface area contributed by atoms with E-state index in [1.54, 1.807) is 6.08 Å². The van der Waals surface area contributed by atoms with Crippen molar-refractivity contribution in [2.45, 2.75) is 20.8 Å². The van der Waals surface area contributed by atoms with Gasteiger partial charge in [-0.25, -0.2) is 0 Å². The predicted octanol–water partition coefficient (Wildman–Crippen LogP) is 1.99. The van der Waals surface area contributed by atoms with Gasteiger partial charge in [0, 0.05) is 13.1 Å². The lowest BCUT2D eigenvalue weighted by Gasteiger charge is -2.06. The van der Waals surface area contributed by atoms with E-state index in [4.69, 9.17) is 0 Å². The highest BCUT2D eigenvalue weighted by Gasteiger charge is 1.82. The van der Waals surface area contributed by atoms with Crippen molar-refractivity contribution >= 4 is 0 Å². The topological polar surface area (TPSA) is 15.3 Å². The molecule has 0 rings (SSSR count). The van der Waals surface area contributed by atoms with Crippen LogP contribution in [0.5, 0.6) is 0 Å². The molecule has 0 amide bonds. The van der Waals surface area contributed by atoms with Crippen molar-refractivity contribution < 1.29 is 0 Å². The Balaban J connectivity index is -0.000000137. The minimum Gasteiger partial charge on any atom is -0.318 e. The summed E-state index contributed by atoms with van der Waals surface area (Å²) in [6, 6.07) is 0. The van der Waals surface area contributed by atoms with E-state index in [0.717, 1.165) is 13.1 Å². The molecule has 1 N–H and O–H groups in total. The average Bonchev–Trinajstić information content (AvgIpc) is 2.06. The molecule has 2 nitrogen and oxygen atoms in total. The summed E-state index contributed by atoms with van der Waals surface area (Å²) in [6.45, 7) is 11.4. The molecule has 0 aliphatic heterocycles. The van der Waals surface area contributed by atoms with Crippen LogP contribution in [0.25, 0.3) is 0 Å². The first-order valence-corrected chi connectivity index (χ1v) is 4.55. The molecular weight excluding hydrogens is 148 g/mol. The zero-order valence-electron chi connectivity index (χ0n) is 9.65. The van der Waals surface area contributed by atoms with Crippen molar-refractivity contribution in [3.63, 3.8) is 0 Å². The van der Waals surface area contributed by atoms with Crippen molar-refractivity contribution in [3.8, 4) is 0 Å². The Bertz CT molecular complexity index is 60.9. The molecule has 0 aliphatic rings. The third-order valence-corrected chi connectivity index (χ3v) is 0.809. The Labute approximate surface area is 78.7 Å². The molecule has 12 heavy (non-hydrogen) atoms. The first kappa shape index (κ1) is 17.7. The summed E-state index contributed by atoms with van der Waals surface area (Å²) in [7, 11) is 6.10. The number of nitrogens with zero attached hydrogens (tertiary/aromatic N) is 1. The van der Waals surface area contributed by atoms with Crippen molar-refractivity contribution in [1.29, 1.82) is 0 Å². The molecule has 0 aromatic carbocycles. The second-order valence-corrected chi connectivity index (χ2v) is 2.32. The molecule has 0 aromatic rings. The Morgan fingerprint density at radius 1 is 1.33 bits per heavy atom. The lowest BCUT2D eigenvalue weighted by molar-refractivity contribution is 0.407. The Morgan fingerprint density at radius 3 is 1.75 bits per heavy atom. The highest BCUT2D eigenvalue weighted by molar-refractivity contribution is 4.51. The number of hydrogen-bond acceptors (Lipinski definition) is 2. The van der Waals surface area contributed by atoms with Gasteiger partial charge >= 0.3 is 0 Å². The number of hydrogen-bond donors (Lipinski definition) is 1. The summed E-state index contributed by atoms with van der Waals surface area (Å²) >= 11 is 0. The van der Waals surface area contributed by atoms with Crippen LogP contribution in [0.3, 0.4) is 0 Å². The van der Waals surface area contributed by atoms with Crippen LogP contribution in [0, 0.1) is 0 Å². The van der Waals surface area contributed by atoms with Crippen LogP contribution >= 0.6 is 0 Å². The van der Waals surface area contributed by atoms with Crippen molar-refractivity contribution in [3.05, 3.63) is 12.7 Å². The van der Waals surface area contributed by atoms with E-state index in [1.165, 1.54) is 0 Å². The lowest BCUT2D eigenvalue weighted by atomic mass is 10.6. The summed E-state index contributed by atoms with van der Waals surface area (Å²) in [5.74, 6) is 0. The molecule has 2 heteroatoms. The smallest absolute Gasteiger partial charge is 0.0101 e. The van der Waals surface area contributed by atoms with Gasteiger partial charge in [0.25, 0.3) is 0 Å². The van der Waals surface area contributed by atoms with E-state index < -0.39 is 0 Å². The Hall–Kier alpha value is -0.340. The number of rotatable bonds is 3. The van der Waals surface area contributed by atoms with Gasteiger partial charge in [0.2, 0.25) is 0 Å². The number of likely N-dealkylation sites (N-methyl/N-ethyl adjacent to an activating group) is 2. The summed E-state index contributed by atoms with van der Waals surface area (Å²) in [5.41, 5.74) is 0. The van der Waals surface area contributed by atoms with Crippen LogP contribution in [-0.4, -0.2) is 39.1 Å². The van der Waals surface area contributed by atoms with Gasteiger partial charge in [-0.15, -0.1) is 6.58 Å². The van der Waals surface area contributed by atoms with Gasteiger partial charge in [0.05, 0.1) is 0 Å². The van der Waals surface area contributed by atoms with E-state index in [-0.39, 0.29) is 0 Å². The largest absolute Gasteiger partial charge is 0.318 e. The standard InChI is InChI=1S/C5H14N2.C3H6.C2H6/c1-6-4-5-7(2)3;1-3-2;1-2/h6H,4-5H2,1-3H3;3H,1H2,2H3;1-2H3. The second-order valence-electron chi connectivity index (χ2n) is 2.32. The van der Waals surface area contributed by atoms with Crippen molar-refractivity contribution in [1.82, 2.24) is 10.2 Å². The van der Waals surface area contributed by atoms with Crippen LogP contribution in [0.15, 0.2) is 12.7 Å². The van der Waals surface area contributed by atoms with E-state index in [2.05, 4.69) is 30.9 Å². The normalized spacial score (nSPS) is 7.58. The second kappa shape index (κ2) is 22.4. The molecule has 0 spiro atoms. The monoisotopic (exact) mass is 174 g/mol. The van der Waals surface area contributed by atoms with Gasteiger partial charge in [-0.1, -0.05) is 19.9 Å². The first-order valence-electron chi connectivity index (χ1n) is 4.55. The van der Waals surface area contributed by atoms with Gasteiger partial charge in [-0.05, 0) is 28.1 Å². The van der Waals surface area contributed by atoms with E-state index in [0.29, 0.717) is 0 Å². The maximum Gasteiger partial charge on any atom is 0.0101 e. The van der Waals surface area contributed by atoms with Crippen molar-refractivity contribution in [2.24, 2.45) is 0 Å². The fourth-order valence-electron chi connectivity index (χ4n) is 0.335. The minimum absolute atomic E-state index is 1.08. The molecule has 76 valence electrons. The van der Waals surface area contributed by atoms with Gasteiger partial charge in [-0.3, -0.25) is 0 Å².